The predicted molar refractivity (Wildman–Crippen MR) is 69.6 cm³/mol. The second kappa shape index (κ2) is 5.73. The quantitative estimate of drug-likeness (QED) is 0.716. The van der Waals surface area contributed by atoms with Crippen LogP contribution in [0.3, 0.4) is 0 Å². The first kappa shape index (κ1) is 12.0. The molecule has 1 aromatic carbocycles. The van der Waals surface area contributed by atoms with Crippen LogP contribution in [0.5, 0.6) is 5.75 Å². The van der Waals surface area contributed by atoms with Gasteiger partial charge in [0.05, 0.1) is 13.2 Å². The molecular weight excluding hydrogens is 214 g/mol. The summed E-state index contributed by atoms with van der Waals surface area (Å²) in [5, 5.41) is 1.22. The van der Waals surface area contributed by atoms with E-state index in [0.717, 1.165) is 25.5 Å². The summed E-state index contributed by atoms with van der Waals surface area (Å²) in [5.74, 6) is 0.933. The van der Waals surface area contributed by atoms with Crippen molar-refractivity contribution in [3.63, 3.8) is 0 Å². The molecule has 0 saturated heterocycles. The number of hydrogen-bond donors (Lipinski definition) is 0. The molecule has 0 spiro atoms. The zero-order chi connectivity index (χ0) is 12.1. The van der Waals surface area contributed by atoms with E-state index in [4.69, 9.17) is 9.47 Å². The lowest BCUT2D eigenvalue weighted by Crippen LogP contribution is -2.04. The van der Waals surface area contributed by atoms with E-state index in [1.807, 2.05) is 19.9 Å². The van der Waals surface area contributed by atoms with Gasteiger partial charge >= 0.3 is 0 Å². The zero-order valence-corrected chi connectivity index (χ0v) is 10.5. The van der Waals surface area contributed by atoms with Crippen LogP contribution in [-0.2, 0) is 11.3 Å². The molecule has 0 aliphatic heterocycles. The molecule has 17 heavy (non-hydrogen) atoms. The van der Waals surface area contributed by atoms with Crippen molar-refractivity contribution < 1.29 is 9.47 Å². The van der Waals surface area contributed by atoms with E-state index >= 15 is 0 Å². The lowest BCUT2D eigenvalue weighted by molar-refractivity contribution is 0.140. The fraction of sp³-hybridized carbons (Fsp3) is 0.429. The van der Waals surface area contributed by atoms with E-state index in [9.17, 15) is 0 Å². The standard InChI is InChI=1S/C14H19NO2/c1-3-16-10-9-15-8-7-12-11-13(17-4-2)5-6-14(12)15/h5-8,11H,3-4,9-10H2,1-2H3. The molecule has 1 aromatic heterocycles. The number of nitrogens with zero attached hydrogens (tertiary/aromatic N) is 1. The number of aromatic nitrogens is 1. The predicted octanol–water partition coefficient (Wildman–Crippen LogP) is 3.08. The van der Waals surface area contributed by atoms with Crippen LogP contribution in [0.25, 0.3) is 10.9 Å². The Bertz CT molecular complexity index is 476. The van der Waals surface area contributed by atoms with Gasteiger partial charge in [0.25, 0.3) is 0 Å². The van der Waals surface area contributed by atoms with E-state index in [0.29, 0.717) is 6.61 Å². The van der Waals surface area contributed by atoms with E-state index < -0.39 is 0 Å². The Labute approximate surface area is 102 Å². The third-order valence-electron chi connectivity index (χ3n) is 2.73. The average molecular weight is 233 g/mol. The highest BCUT2D eigenvalue weighted by molar-refractivity contribution is 5.81. The Hall–Kier alpha value is -1.48. The molecule has 0 aliphatic rings. The van der Waals surface area contributed by atoms with E-state index in [2.05, 4.69) is 29.0 Å². The van der Waals surface area contributed by atoms with Gasteiger partial charge in [-0.05, 0) is 38.1 Å². The fourth-order valence-corrected chi connectivity index (χ4v) is 1.94. The third-order valence-corrected chi connectivity index (χ3v) is 2.73. The SMILES string of the molecule is CCOCCn1ccc2cc(OCC)ccc21. The maximum absolute atomic E-state index is 5.49. The van der Waals surface area contributed by atoms with Crippen molar-refractivity contribution >= 4 is 10.9 Å². The van der Waals surface area contributed by atoms with Crippen molar-refractivity contribution in [1.29, 1.82) is 0 Å². The maximum atomic E-state index is 5.49. The largest absolute Gasteiger partial charge is 0.494 e. The Morgan fingerprint density at radius 2 is 2.00 bits per heavy atom. The number of rotatable bonds is 6. The molecule has 0 saturated carbocycles. The molecule has 3 nitrogen and oxygen atoms in total. The minimum Gasteiger partial charge on any atom is -0.494 e. The molecule has 0 bridgehead atoms. The van der Waals surface area contributed by atoms with E-state index in [1.54, 1.807) is 0 Å². The first-order chi connectivity index (χ1) is 8.35. The Morgan fingerprint density at radius 3 is 2.76 bits per heavy atom. The minimum atomic E-state index is 0.705. The molecule has 3 heteroatoms. The van der Waals surface area contributed by atoms with Gasteiger partial charge in [-0.3, -0.25) is 0 Å². The molecule has 0 atom stereocenters. The molecule has 0 N–H and O–H groups in total. The summed E-state index contributed by atoms with van der Waals surface area (Å²) >= 11 is 0. The maximum Gasteiger partial charge on any atom is 0.120 e. The summed E-state index contributed by atoms with van der Waals surface area (Å²) in [6.07, 6.45) is 2.10. The van der Waals surface area contributed by atoms with Crippen LogP contribution in [0, 0.1) is 0 Å². The average Bonchev–Trinajstić information content (AvgIpc) is 2.73. The van der Waals surface area contributed by atoms with Gasteiger partial charge in [0, 0.05) is 30.3 Å². The van der Waals surface area contributed by atoms with Gasteiger partial charge in [-0.25, -0.2) is 0 Å². The first-order valence-corrected chi connectivity index (χ1v) is 6.14. The topological polar surface area (TPSA) is 23.4 Å². The first-order valence-electron chi connectivity index (χ1n) is 6.14. The van der Waals surface area contributed by atoms with Crippen molar-refractivity contribution in [2.75, 3.05) is 19.8 Å². The highest BCUT2D eigenvalue weighted by atomic mass is 16.5. The Kier molecular flexibility index (Phi) is 4.04. The van der Waals surface area contributed by atoms with E-state index in [1.165, 1.54) is 10.9 Å². The van der Waals surface area contributed by atoms with Gasteiger partial charge in [-0.1, -0.05) is 0 Å². The fourth-order valence-electron chi connectivity index (χ4n) is 1.94. The smallest absolute Gasteiger partial charge is 0.120 e. The van der Waals surface area contributed by atoms with Crippen LogP contribution in [0.15, 0.2) is 30.5 Å². The van der Waals surface area contributed by atoms with Gasteiger partial charge in [0.1, 0.15) is 5.75 Å². The normalized spacial score (nSPS) is 10.9. The van der Waals surface area contributed by atoms with Gasteiger partial charge in [0.15, 0.2) is 0 Å². The summed E-state index contributed by atoms with van der Waals surface area (Å²) in [4.78, 5) is 0. The number of benzene rings is 1. The van der Waals surface area contributed by atoms with Gasteiger partial charge in [-0.2, -0.15) is 0 Å². The molecular formula is C14H19NO2. The summed E-state index contributed by atoms with van der Waals surface area (Å²) < 4.78 is 13.1. The van der Waals surface area contributed by atoms with Gasteiger partial charge in [-0.15, -0.1) is 0 Å². The second-order valence-corrected chi connectivity index (χ2v) is 3.86. The van der Waals surface area contributed by atoms with Crippen LogP contribution in [0.1, 0.15) is 13.8 Å². The molecule has 0 aliphatic carbocycles. The van der Waals surface area contributed by atoms with Crippen LogP contribution in [0.2, 0.25) is 0 Å². The second-order valence-electron chi connectivity index (χ2n) is 3.86. The molecule has 1 heterocycles. The highest BCUT2D eigenvalue weighted by Gasteiger charge is 2.02. The zero-order valence-electron chi connectivity index (χ0n) is 10.5. The molecule has 92 valence electrons. The summed E-state index contributed by atoms with van der Waals surface area (Å²) in [6, 6.07) is 8.31. The van der Waals surface area contributed by atoms with Crippen LogP contribution < -0.4 is 4.74 Å². The number of ether oxygens (including phenoxy) is 2. The Morgan fingerprint density at radius 1 is 1.12 bits per heavy atom. The van der Waals surface area contributed by atoms with Crippen molar-refractivity contribution in [2.45, 2.75) is 20.4 Å². The van der Waals surface area contributed by atoms with Crippen LogP contribution in [0.4, 0.5) is 0 Å². The number of hydrogen-bond acceptors (Lipinski definition) is 2. The van der Waals surface area contributed by atoms with Crippen molar-refractivity contribution in [3.05, 3.63) is 30.5 Å². The summed E-state index contributed by atoms with van der Waals surface area (Å²) in [5.41, 5.74) is 1.23. The van der Waals surface area contributed by atoms with Gasteiger partial charge in [0.2, 0.25) is 0 Å². The van der Waals surface area contributed by atoms with Gasteiger partial charge < -0.3 is 14.0 Å². The van der Waals surface area contributed by atoms with Crippen LogP contribution in [-0.4, -0.2) is 24.4 Å². The minimum absolute atomic E-state index is 0.705. The third kappa shape index (κ3) is 2.80. The van der Waals surface area contributed by atoms with Crippen molar-refractivity contribution in [3.8, 4) is 5.75 Å². The molecule has 0 amide bonds. The van der Waals surface area contributed by atoms with Crippen molar-refractivity contribution in [2.24, 2.45) is 0 Å². The molecule has 2 aromatic rings. The Balaban J connectivity index is 2.16. The van der Waals surface area contributed by atoms with Crippen molar-refractivity contribution in [1.82, 2.24) is 4.57 Å². The lowest BCUT2D eigenvalue weighted by atomic mass is 10.2. The molecule has 2 rings (SSSR count). The highest BCUT2D eigenvalue weighted by Crippen LogP contribution is 2.22. The monoisotopic (exact) mass is 233 g/mol. The number of fused-ring (bicyclic) bond motifs is 1. The molecule has 0 fully saturated rings. The summed E-state index contributed by atoms with van der Waals surface area (Å²) in [6.45, 7) is 7.14. The van der Waals surface area contributed by atoms with Crippen LogP contribution >= 0.6 is 0 Å². The molecule has 0 radical (unpaired) electrons. The molecule has 0 unspecified atom stereocenters. The summed E-state index contributed by atoms with van der Waals surface area (Å²) in [7, 11) is 0. The lowest BCUT2D eigenvalue weighted by Gasteiger charge is -2.06. The van der Waals surface area contributed by atoms with E-state index in [-0.39, 0.29) is 0 Å².